The maximum atomic E-state index is 12.7. The minimum Gasteiger partial charge on any atom is -0.322 e. The van der Waals surface area contributed by atoms with Gasteiger partial charge in [-0.3, -0.25) is 14.9 Å². The Kier molecular flexibility index (Phi) is 4.90. The van der Waals surface area contributed by atoms with Gasteiger partial charge in [0.25, 0.3) is 11.6 Å². The number of nitrogens with zero attached hydrogens (tertiary/aromatic N) is 2. The van der Waals surface area contributed by atoms with E-state index in [4.69, 9.17) is 0 Å². The van der Waals surface area contributed by atoms with Crippen LogP contribution < -0.4 is 0 Å². The second kappa shape index (κ2) is 6.99. The van der Waals surface area contributed by atoms with Gasteiger partial charge in [0.15, 0.2) is 0 Å². The highest BCUT2D eigenvalue weighted by molar-refractivity contribution is 7.99. The number of thioether (sulfide) groups is 1. The van der Waals surface area contributed by atoms with Gasteiger partial charge in [0.05, 0.1) is 10.5 Å². The van der Waals surface area contributed by atoms with Crippen LogP contribution in [0.3, 0.4) is 0 Å². The first-order chi connectivity index (χ1) is 12.3. The Morgan fingerprint density at radius 1 is 1.12 bits per heavy atom. The number of non-ortho nitro benzene ring substituents is 1. The fourth-order valence-electron chi connectivity index (χ4n) is 2.68. The summed E-state index contributed by atoms with van der Waals surface area (Å²) >= 11 is 1.46. The molecule has 5 nitrogen and oxygen atoms in total. The van der Waals surface area contributed by atoms with Crippen LogP contribution in [0.1, 0.15) is 26.9 Å². The molecule has 0 unspecified atom stereocenters. The predicted octanol–water partition coefficient (Wildman–Crippen LogP) is 4.50. The molecular weight excluding hydrogens is 369 g/mol. The Bertz CT molecular complexity index is 823. The number of rotatable bonds is 3. The number of alkyl halides is 3. The van der Waals surface area contributed by atoms with E-state index in [9.17, 15) is 28.1 Å². The average molecular weight is 382 g/mol. The van der Waals surface area contributed by atoms with Crippen molar-refractivity contribution < 1.29 is 22.9 Å². The van der Waals surface area contributed by atoms with Crippen LogP contribution in [-0.2, 0) is 6.18 Å². The molecule has 136 valence electrons. The molecule has 0 aliphatic carbocycles. The summed E-state index contributed by atoms with van der Waals surface area (Å²) in [5, 5.41) is 10.3. The molecule has 26 heavy (non-hydrogen) atoms. The van der Waals surface area contributed by atoms with E-state index in [-0.39, 0.29) is 17.0 Å². The van der Waals surface area contributed by atoms with Crippen LogP contribution in [-0.4, -0.2) is 28.0 Å². The van der Waals surface area contributed by atoms with Crippen LogP contribution in [0.25, 0.3) is 0 Å². The Balaban J connectivity index is 1.81. The van der Waals surface area contributed by atoms with E-state index in [1.807, 2.05) is 0 Å². The highest BCUT2D eigenvalue weighted by atomic mass is 32.2. The minimum atomic E-state index is -4.41. The Labute approximate surface area is 151 Å². The molecule has 0 N–H and O–H groups in total. The maximum absolute atomic E-state index is 12.7. The molecule has 0 spiro atoms. The minimum absolute atomic E-state index is 0.114. The number of hydrogen-bond acceptors (Lipinski definition) is 4. The van der Waals surface area contributed by atoms with E-state index in [1.54, 1.807) is 4.90 Å². The van der Waals surface area contributed by atoms with Gasteiger partial charge in [-0.15, -0.1) is 11.8 Å². The molecule has 1 atom stereocenters. The highest BCUT2D eigenvalue weighted by Crippen LogP contribution is 2.40. The zero-order valence-corrected chi connectivity index (χ0v) is 14.1. The lowest BCUT2D eigenvalue weighted by atomic mass is 10.1. The van der Waals surface area contributed by atoms with Crippen LogP contribution >= 0.6 is 11.8 Å². The van der Waals surface area contributed by atoms with E-state index in [0.29, 0.717) is 23.4 Å². The molecule has 1 aliphatic heterocycles. The highest BCUT2D eigenvalue weighted by Gasteiger charge is 2.33. The first-order valence-corrected chi connectivity index (χ1v) is 8.66. The first-order valence-electron chi connectivity index (χ1n) is 7.61. The third-order valence-electron chi connectivity index (χ3n) is 4.00. The van der Waals surface area contributed by atoms with E-state index in [0.717, 1.165) is 12.1 Å². The third kappa shape index (κ3) is 3.67. The summed E-state index contributed by atoms with van der Waals surface area (Å²) in [6.45, 7) is 0.451. The van der Waals surface area contributed by atoms with Crippen molar-refractivity contribution in [3.05, 3.63) is 75.3 Å². The van der Waals surface area contributed by atoms with Gasteiger partial charge in [-0.1, -0.05) is 12.1 Å². The van der Waals surface area contributed by atoms with E-state index in [1.165, 1.54) is 48.2 Å². The average Bonchev–Trinajstić information content (AvgIpc) is 3.10. The van der Waals surface area contributed by atoms with Crippen molar-refractivity contribution in [2.24, 2.45) is 0 Å². The molecule has 1 aliphatic rings. The lowest BCUT2D eigenvalue weighted by Gasteiger charge is -2.24. The van der Waals surface area contributed by atoms with Gasteiger partial charge >= 0.3 is 6.18 Å². The predicted molar refractivity (Wildman–Crippen MR) is 90.8 cm³/mol. The maximum Gasteiger partial charge on any atom is 0.416 e. The second-order valence-corrected chi connectivity index (χ2v) is 6.83. The fourth-order valence-corrected chi connectivity index (χ4v) is 3.94. The summed E-state index contributed by atoms with van der Waals surface area (Å²) in [6, 6.07) is 10.0. The van der Waals surface area contributed by atoms with Crippen molar-refractivity contribution in [1.82, 2.24) is 4.90 Å². The SMILES string of the molecule is O=C(c1ccc([N+](=O)[O-])cc1)N1CCS[C@@H]1c1ccc(C(F)(F)F)cc1. The summed E-state index contributed by atoms with van der Waals surface area (Å²) < 4.78 is 38.1. The molecule has 1 fully saturated rings. The molecule has 0 radical (unpaired) electrons. The van der Waals surface area contributed by atoms with Crippen LogP contribution in [0.2, 0.25) is 0 Å². The molecule has 2 aromatic carbocycles. The summed E-state index contributed by atoms with van der Waals surface area (Å²) in [7, 11) is 0. The zero-order chi connectivity index (χ0) is 18.9. The number of carbonyl (C=O) groups excluding carboxylic acids is 1. The van der Waals surface area contributed by atoms with Gasteiger partial charge in [0.1, 0.15) is 5.37 Å². The van der Waals surface area contributed by atoms with Gasteiger partial charge in [-0.2, -0.15) is 13.2 Å². The number of benzene rings is 2. The standard InChI is InChI=1S/C17H13F3N2O3S/c18-17(19,20)13-5-1-12(2-6-13)16-21(9-10-26-16)15(23)11-3-7-14(8-4-11)22(24)25/h1-8,16H,9-10H2/t16-/m1/s1. The van der Waals surface area contributed by atoms with Crippen molar-refractivity contribution in [2.45, 2.75) is 11.6 Å². The molecular formula is C17H13F3N2O3S. The van der Waals surface area contributed by atoms with E-state index < -0.39 is 16.7 Å². The number of hydrogen-bond donors (Lipinski definition) is 0. The van der Waals surface area contributed by atoms with Gasteiger partial charge in [-0.05, 0) is 29.8 Å². The zero-order valence-electron chi connectivity index (χ0n) is 13.3. The van der Waals surface area contributed by atoms with Gasteiger partial charge in [0.2, 0.25) is 0 Å². The number of carbonyl (C=O) groups is 1. The number of nitro benzene ring substituents is 1. The molecule has 0 bridgehead atoms. The van der Waals surface area contributed by atoms with Crippen molar-refractivity contribution in [3.63, 3.8) is 0 Å². The number of nitro groups is 1. The van der Waals surface area contributed by atoms with Gasteiger partial charge < -0.3 is 4.90 Å². The fraction of sp³-hybridized carbons (Fsp3) is 0.235. The summed E-state index contributed by atoms with van der Waals surface area (Å²) in [5.41, 5.74) is 0.0555. The van der Waals surface area contributed by atoms with Gasteiger partial charge in [0, 0.05) is 30.0 Å². The van der Waals surface area contributed by atoms with Crippen molar-refractivity contribution in [2.75, 3.05) is 12.3 Å². The molecule has 1 saturated heterocycles. The van der Waals surface area contributed by atoms with Crippen LogP contribution in [0.4, 0.5) is 18.9 Å². The Morgan fingerprint density at radius 2 is 1.73 bits per heavy atom. The second-order valence-electron chi connectivity index (χ2n) is 5.65. The molecule has 0 aromatic heterocycles. The molecule has 2 aromatic rings. The Morgan fingerprint density at radius 3 is 2.27 bits per heavy atom. The molecule has 0 saturated carbocycles. The Hall–Kier alpha value is -2.55. The summed E-state index contributed by atoms with van der Waals surface area (Å²) in [6.07, 6.45) is -4.41. The first kappa shape index (κ1) is 18.2. The number of amides is 1. The molecule has 9 heteroatoms. The monoisotopic (exact) mass is 382 g/mol. The third-order valence-corrected chi connectivity index (χ3v) is 5.26. The van der Waals surface area contributed by atoms with Crippen molar-refractivity contribution in [3.8, 4) is 0 Å². The van der Waals surface area contributed by atoms with E-state index in [2.05, 4.69) is 0 Å². The van der Waals surface area contributed by atoms with Crippen LogP contribution in [0, 0.1) is 10.1 Å². The lowest BCUT2D eigenvalue weighted by Crippen LogP contribution is -2.30. The number of halogens is 3. The normalized spacial score (nSPS) is 17.3. The smallest absolute Gasteiger partial charge is 0.322 e. The quantitative estimate of drug-likeness (QED) is 0.579. The molecule has 1 heterocycles. The molecule has 3 rings (SSSR count). The van der Waals surface area contributed by atoms with Crippen molar-refractivity contribution >= 4 is 23.4 Å². The van der Waals surface area contributed by atoms with Gasteiger partial charge in [-0.25, -0.2) is 0 Å². The van der Waals surface area contributed by atoms with Crippen LogP contribution in [0.5, 0.6) is 0 Å². The van der Waals surface area contributed by atoms with Crippen molar-refractivity contribution in [1.29, 1.82) is 0 Å². The largest absolute Gasteiger partial charge is 0.416 e. The lowest BCUT2D eigenvalue weighted by molar-refractivity contribution is -0.384. The van der Waals surface area contributed by atoms with E-state index >= 15 is 0 Å². The van der Waals surface area contributed by atoms with Crippen LogP contribution in [0.15, 0.2) is 48.5 Å². The summed E-state index contributed by atoms with van der Waals surface area (Å²) in [5.74, 6) is 0.347. The summed E-state index contributed by atoms with van der Waals surface area (Å²) in [4.78, 5) is 24.4. The molecule has 1 amide bonds. The topological polar surface area (TPSA) is 63.4 Å².